The number of aliphatic hydroxyl groups is 1. The Morgan fingerprint density at radius 3 is 2.81 bits per heavy atom. The standard InChI is InChI=1S/C13H21NO2/c1-4-12(15)9-14-10(2)11-6-5-7-13(8-11)16-3/h5-8,10,12,14-15H,4,9H2,1-3H3. The van der Waals surface area contributed by atoms with E-state index in [9.17, 15) is 5.11 Å². The van der Waals surface area contributed by atoms with Gasteiger partial charge in [-0.3, -0.25) is 0 Å². The van der Waals surface area contributed by atoms with Gasteiger partial charge in [0.2, 0.25) is 0 Å². The number of aliphatic hydroxyl groups excluding tert-OH is 1. The molecule has 0 saturated heterocycles. The maximum atomic E-state index is 9.47. The van der Waals surface area contributed by atoms with Crippen LogP contribution in [0.25, 0.3) is 0 Å². The number of ether oxygens (including phenoxy) is 1. The van der Waals surface area contributed by atoms with Crippen LogP contribution in [0.3, 0.4) is 0 Å². The van der Waals surface area contributed by atoms with Crippen molar-refractivity contribution in [2.45, 2.75) is 32.4 Å². The van der Waals surface area contributed by atoms with E-state index in [4.69, 9.17) is 4.74 Å². The van der Waals surface area contributed by atoms with Gasteiger partial charge < -0.3 is 15.2 Å². The fourth-order valence-electron chi connectivity index (χ4n) is 1.49. The third kappa shape index (κ3) is 3.83. The molecule has 0 fully saturated rings. The van der Waals surface area contributed by atoms with E-state index in [0.29, 0.717) is 6.54 Å². The van der Waals surface area contributed by atoms with Crippen molar-refractivity contribution in [3.05, 3.63) is 29.8 Å². The van der Waals surface area contributed by atoms with Crippen LogP contribution in [0.4, 0.5) is 0 Å². The fourth-order valence-corrected chi connectivity index (χ4v) is 1.49. The Kier molecular flexibility index (Phi) is 5.29. The zero-order valence-corrected chi connectivity index (χ0v) is 10.2. The molecule has 0 aliphatic heterocycles. The van der Waals surface area contributed by atoms with E-state index >= 15 is 0 Å². The van der Waals surface area contributed by atoms with Crippen molar-refractivity contribution in [3.8, 4) is 5.75 Å². The van der Waals surface area contributed by atoms with Gasteiger partial charge in [-0.1, -0.05) is 19.1 Å². The maximum Gasteiger partial charge on any atom is 0.119 e. The number of benzene rings is 1. The van der Waals surface area contributed by atoms with Crippen molar-refractivity contribution in [2.75, 3.05) is 13.7 Å². The van der Waals surface area contributed by atoms with Gasteiger partial charge in [-0.25, -0.2) is 0 Å². The molecule has 2 N–H and O–H groups in total. The molecule has 0 spiro atoms. The van der Waals surface area contributed by atoms with Crippen LogP contribution in [-0.2, 0) is 0 Å². The first-order chi connectivity index (χ1) is 7.67. The Morgan fingerprint density at radius 1 is 1.44 bits per heavy atom. The molecule has 3 heteroatoms. The van der Waals surface area contributed by atoms with E-state index in [-0.39, 0.29) is 12.1 Å². The minimum absolute atomic E-state index is 0.219. The van der Waals surface area contributed by atoms with E-state index in [0.717, 1.165) is 12.2 Å². The number of nitrogens with one attached hydrogen (secondary N) is 1. The van der Waals surface area contributed by atoms with Gasteiger partial charge in [0.05, 0.1) is 13.2 Å². The highest BCUT2D eigenvalue weighted by Gasteiger charge is 2.07. The van der Waals surface area contributed by atoms with Crippen LogP contribution in [-0.4, -0.2) is 24.9 Å². The molecule has 1 aromatic carbocycles. The summed E-state index contributed by atoms with van der Waals surface area (Å²) in [6.07, 6.45) is 0.505. The second-order valence-electron chi connectivity index (χ2n) is 3.97. The molecule has 0 aliphatic carbocycles. The van der Waals surface area contributed by atoms with Crippen LogP contribution in [0, 0.1) is 0 Å². The third-order valence-corrected chi connectivity index (χ3v) is 2.72. The number of hydrogen-bond acceptors (Lipinski definition) is 3. The van der Waals surface area contributed by atoms with Crippen LogP contribution < -0.4 is 10.1 Å². The summed E-state index contributed by atoms with van der Waals surface area (Å²) >= 11 is 0. The first-order valence-corrected chi connectivity index (χ1v) is 5.72. The van der Waals surface area contributed by atoms with Gasteiger partial charge in [0.1, 0.15) is 5.75 Å². The highest BCUT2D eigenvalue weighted by Crippen LogP contribution is 2.18. The molecule has 0 saturated carbocycles. The summed E-state index contributed by atoms with van der Waals surface area (Å²) in [6, 6.07) is 8.19. The summed E-state index contributed by atoms with van der Waals surface area (Å²) in [5.74, 6) is 0.863. The molecule has 0 bridgehead atoms. The Hall–Kier alpha value is -1.06. The van der Waals surface area contributed by atoms with E-state index in [1.54, 1.807) is 7.11 Å². The second-order valence-corrected chi connectivity index (χ2v) is 3.97. The van der Waals surface area contributed by atoms with Gasteiger partial charge in [-0.15, -0.1) is 0 Å². The van der Waals surface area contributed by atoms with Gasteiger partial charge in [0.15, 0.2) is 0 Å². The van der Waals surface area contributed by atoms with Gasteiger partial charge in [-0.2, -0.15) is 0 Å². The van der Waals surface area contributed by atoms with E-state index in [1.165, 1.54) is 5.56 Å². The molecule has 90 valence electrons. The summed E-state index contributed by atoms with van der Waals surface area (Å²) < 4.78 is 5.17. The highest BCUT2D eigenvalue weighted by molar-refractivity contribution is 5.30. The van der Waals surface area contributed by atoms with E-state index in [2.05, 4.69) is 18.3 Å². The normalized spacial score (nSPS) is 14.5. The first-order valence-electron chi connectivity index (χ1n) is 5.72. The predicted molar refractivity (Wildman–Crippen MR) is 65.7 cm³/mol. The average Bonchev–Trinajstić information content (AvgIpc) is 2.35. The first kappa shape index (κ1) is 13.0. The fraction of sp³-hybridized carbons (Fsp3) is 0.538. The van der Waals surface area contributed by atoms with Gasteiger partial charge in [0.25, 0.3) is 0 Å². The molecular weight excluding hydrogens is 202 g/mol. The van der Waals surface area contributed by atoms with Gasteiger partial charge in [0, 0.05) is 12.6 Å². The minimum Gasteiger partial charge on any atom is -0.497 e. The van der Waals surface area contributed by atoms with Crippen molar-refractivity contribution in [3.63, 3.8) is 0 Å². The lowest BCUT2D eigenvalue weighted by Gasteiger charge is -2.17. The van der Waals surface area contributed by atoms with Crippen molar-refractivity contribution in [1.82, 2.24) is 5.32 Å². The smallest absolute Gasteiger partial charge is 0.119 e. The molecule has 3 nitrogen and oxygen atoms in total. The molecule has 1 aromatic rings. The Bertz CT molecular complexity index is 315. The van der Waals surface area contributed by atoms with E-state index in [1.807, 2.05) is 25.1 Å². The molecule has 1 rings (SSSR count). The lowest BCUT2D eigenvalue weighted by Crippen LogP contribution is -2.28. The molecule has 2 atom stereocenters. The number of hydrogen-bond donors (Lipinski definition) is 2. The molecule has 16 heavy (non-hydrogen) atoms. The summed E-state index contributed by atoms with van der Waals surface area (Å²) in [5, 5.41) is 12.8. The Labute approximate surface area is 97.4 Å². The Morgan fingerprint density at radius 2 is 2.19 bits per heavy atom. The van der Waals surface area contributed by atoms with Crippen molar-refractivity contribution in [1.29, 1.82) is 0 Å². The number of methoxy groups -OCH3 is 1. The SMILES string of the molecule is CCC(O)CNC(C)c1cccc(OC)c1. The Balaban J connectivity index is 2.54. The molecule has 0 heterocycles. The van der Waals surface area contributed by atoms with Crippen molar-refractivity contribution < 1.29 is 9.84 Å². The topological polar surface area (TPSA) is 41.5 Å². The summed E-state index contributed by atoms with van der Waals surface area (Å²) in [4.78, 5) is 0. The van der Waals surface area contributed by atoms with Gasteiger partial charge >= 0.3 is 0 Å². The quantitative estimate of drug-likeness (QED) is 0.776. The van der Waals surface area contributed by atoms with Crippen LogP contribution in [0.1, 0.15) is 31.9 Å². The summed E-state index contributed by atoms with van der Waals surface area (Å²) in [5.41, 5.74) is 1.17. The summed E-state index contributed by atoms with van der Waals surface area (Å²) in [6.45, 7) is 4.68. The zero-order valence-electron chi connectivity index (χ0n) is 10.2. The van der Waals surface area contributed by atoms with E-state index < -0.39 is 0 Å². The zero-order chi connectivity index (χ0) is 12.0. The molecule has 0 aromatic heterocycles. The lowest BCUT2D eigenvalue weighted by atomic mass is 10.1. The van der Waals surface area contributed by atoms with Gasteiger partial charge in [-0.05, 0) is 31.0 Å². The average molecular weight is 223 g/mol. The monoisotopic (exact) mass is 223 g/mol. The summed E-state index contributed by atoms with van der Waals surface area (Å²) in [7, 11) is 1.66. The van der Waals surface area contributed by atoms with Crippen LogP contribution in [0.15, 0.2) is 24.3 Å². The van der Waals surface area contributed by atoms with Crippen molar-refractivity contribution in [2.24, 2.45) is 0 Å². The van der Waals surface area contributed by atoms with Crippen molar-refractivity contribution >= 4 is 0 Å². The molecule has 2 unspecified atom stereocenters. The number of rotatable bonds is 6. The second kappa shape index (κ2) is 6.51. The highest BCUT2D eigenvalue weighted by atomic mass is 16.5. The van der Waals surface area contributed by atoms with Crippen LogP contribution in [0.2, 0.25) is 0 Å². The molecule has 0 aliphatic rings. The van der Waals surface area contributed by atoms with Crippen LogP contribution in [0.5, 0.6) is 5.75 Å². The molecular formula is C13H21NO2. The molecule has 0 radical (unpaired) electrons. The van der Waals surface area contributed by atoms with Crippen LogP contribution >= 0.6 is 0 Å². The largest absolute Gasteiger partial charge is 0.497 e. The third-order valence-electron chi connectivity index (χ3n) is 2.72. The molecule has 0 amide bonds. The maximum absolute atomic E-state index is 9.47. The predicted octanol–water partition coefficient (Wildman–Crippen LogP) is 2.12. The lowest BCUT2D eigenvalue weighted by molar-refractivity contribution is 0.163. The minimum atomic E-state index is -0.270.